The van der Waals surface area contributed by atoms with Gasteiger partial charge in [0.15, 0.2) is 0 Å². The largest absolute Gasteiger partial charge is 0.368 e. The molecule has 0 aromatic rings. The summed E-state index contributed by atoms with van der Waals surface area (Å²) >= 11 is 5.82. The molecule has 0 N–H and O–H groups in total. The lowest BCUT2D eigenvalue weighted by Gasteiger charge is -2.42. The van der Waals surface area contributed by atoms with E-state index in [4.69, 9.17) is 16.3 Å². The van der Waals surface area contributed by atoms with Gasteiger partial charge in [-0.1, -0.05) is 0 Å². The van der Waals surface area contributed by atoms with E-state index in [1.807, 2.05) is 13.8 Å². The second-order valence-corrected chi connectivity index (χ2v) is 7.80. The highest BCUT2D eigenvalue weighted by Crippen LogP contribution is 2.26. The maximum Gasteiger partial charge on any atom is 0.282 e. The quantitative estimate of drug-likeness (QED) is 0.731. The maximum atomic E-state index is 12.5. The molecule has 0 aromatic heterocycles. The summed E-state index contributed by atoms with van der Waals surface area (Å²) in [5.74, 6) is 0.315. The Bertz CT molecular complexity index is 393. The van der Waals surface area contributed by atoms with Gasteiger partial charge in [0, 0.05) is 32.1 Å². The van der Waals surface area contributed by atoms with Gasteiger partial charge >= 0.3 is 0 Å². The molecule has 0 aromatic carbocycles. The van der Waals surface area contributed by atoms with Crippen LogP contribution in [0.25, 0.3) is 0 Å². The summed E-state index contributed by atoms with van der Waals surface area (Å²) in [5, 5.41) is 0. The summed E-state index contributed by atoms with van der Waals surface area (Å²) in [6, 6.07) is 0. The number of hydrogen-bond acceptors (Lipinski definition) is 3. The van der Waals surface area contributed by atoms with E-state index in [1.54, 1.807) is 4.31 Å². The minimum atomic E-state index is -3.35. The highest BCUT2D eigenvalue weighted by molar-refractivity contribution is 7.86. The van der Waals surface area contributed by atoms with Crippen LogP contribution in [-0.4, -0.2) is 60.8 Å². The second-order valence-electron chi connectivity index (χ2n) is 5.56. The summed E-state index contributed by atoms with van der Waals surface area (Å²) in [5.41, 5.74) is -0.482. The fraction of sp³-hybridized carbons (Fsp3) is 1.00. The molecule has 2 saturated heterocycles. The minimum absolute atomic E-state index is 0.229. The van der Waals surface area contributed by atoms with E-state index in [9.17, 15) is 8.42 Å². The number of ether oxygens (including phenoxy) is 1. The molecule has 2 heterocycles. The van der Waals surface area contributed by atoms with E-state index in [2.05, 4.69) is 0 Å². The monoisotopic (exact) mass is 296 g/mol. The molecule has 2 rings (SSSR count). The lowest BCUT2D eigenvalue weighted by Crippen LogP contribution is -2.57. The predicted molar refractivity (Wildman–Crippen MR) is 71.0 cm³/mol. The standard InChI is InChI=1S/C11H21ClN2O3S/c1-11(2)9-14(8-10(7-12)17-11)18(15,16)13-5-3-4-6-13/h10H,3-9H2,1-2H3. The highest BCUT2D eigenvalue weighted by Gasteiger charge is 2.41. The molecule has 7 heteroatoms. The zero-order chi connectivity index (χ0) is 13.4. The van der Waals surface area contributed by atoms with Crippen molar-refractivity contribution in [3.05, 3.63) is 0 Å². The van der Waals surface area contributed by atoms with E-state index in [1.165, 1.54) is 4.31 Å². The van der Waals surface area contributed by atoms with Gasteiger partial charge in [-0.3, -0.25) is 0 Å². The molecule has 0 saturated carbocycles. The highest BCUT2D eigenvalue weighted by atomic mass is 35.5. The SMILES string of the molecule is CC1(C)CN(S(=O)(=O)N2CCCC2)CC(CCl)O1. The van der Waals surface area contributed by atoms with Crippen LogP contribution in [0.1, 0.15) is 26.7 Å². The minimum Gasteiger partial charge on any atom is -0.368 e. The van der Waals surface area contributed by atoms with Crippen molar-refractivity contribution in [3.63, 3.8) is 0 Å². The van der Waals surface area contributed by atoms with Crippen molar-refractivity contribution in [2.24, 2.45) is 0 Å². The molecule has 1 atom stereocenters. The van der Waals surface area contributed by atoms with Crippen LogP contribution in [0.4, 0.5) is 0 Å². The fourth-order valence-corrected chi connectivity index (χ4v) is 4.62. The van der Waals surface area contributed by atoms with Crippen molar-refractivity contribution < 1.29 is 13.2 Å². The lowest BCUT2D eigenvalue weighted by atomic mass is 10.1. The summed E-state index contributed by atoms with van der Waals surface area (Å²) in [7, 11) is -3.35. The average molecular weight is 297 g/mol. The first-order valence-electron chi connectivity index (χ1n) is 6.34. The van der Waals surface area contributed by atoms with Crippen LogP contribution in [0.5, 0.6) is 0 Å². The Morgan fingerprint density at radius 1 is 1.28 bits per heavy atom. The van der Waals surface area contributed by atoms with Gasteiger partial charge in [0.2, 0.25) is 0 Å². The summed E-state index contributed by atoms with van der Waals surface area (Å²) < 4.78 is 33.8. The van der Waals surface area contributed by atoms with Crippen molar-refractivity contribution in [2.45, 2.75) is 38.4 Å². The van der Waals surface area contributed by atoms with Gasteiger partial charge in [-0.15, -0.1) is 11.6 Å². The molecule has 2 fully saturated rings. The van der Waals surface area contributed by atoms with E-state index in [0.717, 1.165) is 12.8 Å². The van der Waals surface area contributed by atoms with Gasteiger partial charge < -0.3 is 4.74 Å². The molecular weight excluding hydrogens is 276 g/mol. The van der Waals surface area contributed by atoms with Crippen molar-refractivity contribution in [3.8, 4) is 0 Å². The van der Waals surface area contributed by atoms with Crippen LogP contribution < -0.4 is 0 Å². The van der Waals surface area contributed by atoms with Crippen molar-refractivity contribution >= 4 is 21.8 Å². The van der Waals surface area contributed by atoms with Crippen LogP contribution >= 0.6 is 11.6 Å². The van der Waals surface area contributed by atoms with Crippen LogP contribution in [0.3, 0.4) is 0 Å². The Morgan fingerprint density at radius 2 is 1.89 bits per heavy atom. The topological polar surface area (TPSA) is 49.9 Å². The number of nitrogens with zero attached hydrogens (tertiary/aromatic N) is 2. The molecule has 0 bridgehead atoms. The van der Waals surface area contributed by atoms with Gasteiger partial charge in [-0.05, 0) is 26.7 Å². The zero-order valence-corrected chi connectivity index (χ0v) is 12.5. The number of morpholine rings is 1. The van der Waals surface area contributed by atoms with E-state index in [-0.39, 0.29) is 6.10 Å². The van der Waals surface area contributed by atoms with Crippen molar-refractivity contribution in [1.82, 2.24) is 8.61 Å². The zero-order valence-electron chi connectivity index (χ0n) is 10.9. The Balaban J connectivity index is 2.15. The van der Waals surface area contributed by atoms with Crippen LogP contribution in [0.2, 0.25) is 0 Å². The Kier molecular flexibility index (Phi) is 4.23. The number of alkyl halides is 1. The maximum absolute atomic E-state index is 12.5. The molecule has 1 unspecified atom stereocenters. The van der Waals surface area contributed by atoms with Gasteiger partial charge in [0.1, 0.15) is 0 Å². The molecule has 0 spiro atoms. The van der Waals surface area contributed by atoms with Crippen molar-refractivity contribution in [2.75, 3.05) is 32.1 Å². The molecule has 2 aliphatic rings. The molecule has 0 radical (unpaired) electrons. The normalized spacial score (nSPS) is 30.7. The van der Waals surface area contributed by atoms with Crippen LogP contribution in [0.15, 0.2) is 0 Å². The smallest absolute Gasteiger partial charge is 0.282 e. The van der Waals surface area contributed by atoms with Gasteiger partial charge in [-0.2, -0.15) is 17.0 Å². The molecule has 18 heavy (non-hydrogen) atoms. The van der Waals surface area contributed by atoms with E-state index >= 15 is 0 Å². The number of rotatable bonds is 3. The van der Waals surface area contributed by atoms with Crippen LogP contribution in [0, 0.1) is 0 Å². The molecule has 2 aliphatic heterocycles. The predicted octanol–water partition coefficient (Wildman–Crippen LogP) is 1.05. The summed E-state index contributed by atoms with van der Waals surface area (Å²) in [6.07, 6.45) is 1.67. The fourth-order valence-electron chi connectivity index (χ4n) is 2.58. The third-order valence-electron chi connectivity index (χ3n) is 3.34. The second kappa shape index (κ2) is 5.25. The first kappa shape index (κ1) is 14.5. The third-order valence-corrected chi connectivity index (χ3v) is 5.63. The van der Waals surface area contributed by atoms with Crippen molar-refractivity contribution in [1.29, 1.82) is 0 Å². The summed E-state index contributed by atoms with van der Waals surface area (Å²) in [4.78, 5) is 0. The molecular formula is C11H21ClN2O3S. The van der Waals surface area contributed by atoms with Gasteiger partial charge in [-0.25, -0.2) is 0 Å². The molecule has 0 amide bonds. The first-order chi connectivity index (χ1) is 8.35. The first-order valence-corrected chi connectivity index (χ1v) is 8.27. The number of hydrogen-bond donors (Lipinski definition) is 0. The molecule has 106 valence electrons. The van der Waals surface area contributed by atoms with Gasteiger partial charge in [0.25, 0.3) is 10.2 Å². The average Bonchev–Trinajstić information content (AvgIpc) is 2.80. The van der Waals surface area contributed by atoms with Gasteiger partial charge in [0.05, 0.1) is 11.7 Å². The Hall–Kier alpha value is 0.120. The molecule has 5 nitrogen and oxygen atoms in total. The third kappa shape index (κ3) is 2.99. The lowest BCUT2D eigenvalue weighted by molar-refractivity contribution is -0.108. The van der Waals surface area contributed by atoms with E-state index in [0.29, 0.717) is 32.1 Å². The van der Waals surface area contributed by atoms with E-state index < -0.39 is 15.8 Å². The Morgan fingerprint density at radius 3 is 2.44 bits per heavy atom. The molecule has 0 aliphatic carbocycles. The summed E-state index contributed by atoms with van der Waals surface area (Å²) in [6.45, 7) is 5.80. The Labute approximate surface area is 114 Å². The number of halogens is 1. The van der Waals surface area contributed by atoms with Crippen LogP contribution in [-0.2, 0) is 14.9 Å².